The fourth-order valence-electron chi connectivity index (χ4n) is 3.04. The van der Waals surface area contributed by atoms with Crippen molar-refractivity contribution in [1.82, 2.24) is 9.55 Å². The number of fused-ring (bicyclic) bond motifs is 1. The molecule has 0 unspecified atom stereocenters. The average molecular weight is 288 g/mol. The SMILES string of the molecule is COc1ccc2ncn(CCC3(O)CCCC3)c(=O)c2c1. The summed E-state index contributed by atoms with van der Waals surface area (Å²) in [4.78, 5) is 16.8. The first-order valence-corrected chi connectivity index (χ1v) is 7.37. The summed E-state index contributed by atoms with van der Waals surface area (Å²) in [5, 5.41) is 10.9. The molecule has 1 aliphatic rings. The van der Waals surface area contributed by atoms with Crippen molar-refractivity contribution in [2.24, 2.45) is 0 Å². The van der Waals surface area contributed by atoms with Gasteiger partial charge in [-0.15, -0.1) is 0 Å². The van der Waals surface area contributed by atoms with Gasteiger partial charge in [0.05, 0.1) is 29.9 Å². The van der Waals surface area contributed by atoms with Crippen LogP contribution in [0.5, 0.6) is 5.75 Å². The summed E-state index contributed by atoms with van der Waals surface area (Å²) in [5.41, 5.74) is -0.0277. The van der Waals surface area contributed by atoms with E-state index in [9.17, 15) is 9.90 Å². The second kappa shape index (κ2) is 5.48. The van der Waals surface area contributed by atoms with Crippen LogP contribution in [0.4, 0.5) is 0 Å². The van der Waals surface area contributed by atoms with Gasteiger partial charge < -0.3 is 9.84 Å². The molecule has 0 aliphatic heterocycles. The third kappa shape index (κ3) is 2.78. The van der Waals surface area contributed by atoms with E-state index in [1.54, 1.807) is 36.2 Å². The molecule has 0 amide bonds. The first-order chi connectivity index (χ1) is 10.1. The minimum atomic E-state index is -0.608. The zero-order valence-electron chi connectivity index (χ0n) is 12.2. The number of benzene rings is 1. The summed E-state index contributed by atoms with van der Waals surface area (Å²) < 4.78 is 6.74. The first-order valence-electron chi connectivity index (χ1n) is 7.37. The highest BCUT2D eigenvalue weighted by Gasteiger charge is 2.30. The van der Waals surface area contributed by atoms with Gasteiger partial charge in [0.15, 0.2) is 0 Å². The molecule has 1 aromatic heterocycles. The highest BCUT2D eigenvalue weighted by molar-refractivity contribution is 5.78. The number of aromatic nitrogens is 2. The van der Waals surface area contributed by atoms with E-state index in [2.05, 4.69) is 4.98 Å². The number of hydrogen-bond donors (Lipinski definition) is 1. The van der Waals surface area contributed by atoms with E-state index in [1.807, 2.05) is 0 Å². The summed E-state index contributed by atoms with van der Waals surface area (Å²) in [6.07, 6.45) is 5.96. The molecule has 3 rings (SSSR count). The molecule has 1 heterocycles. The maximum atomic E-state index is 12.5. The molecule has 1 saturated carbocycles. The van der Waals surface area contributed by atoms with Crippen LogP contribution in [0.15, 0.2) is 29.3 Å². The highest BCUT2D eigenvalue weighted by Crippen LogP contribution is 2.32. The van der Waals surface area contributed by atoms with Gasteiger partial charge in [-0.25, -0.2) is 4.98 Å². The molecular formula is C16H20N2O3. The number of aliphatic hydroxyl groups is 1. The molecule has 0 radical (unpaired) electrons. The fraction of sp³-hybridized carbons (Fsp3) is 0.500. The number of aryl methyl sites for hydroxylation is 1. The molecule has 0 bridgehead atoms. The van der Waals surface area contributed by atoms with Crippen molar-refractivity contribution < 1.29 is 9.84 Å². The van der Waals surface area contributed by atoms with E-state index in [0.717, 1.165) is 25.7 Å². The molecular weight excluding hydrogens is 268 g/mol. The molecule has 5 heteroatoms. The van der Waals surface area contributed by atoms with Gasteiger partial charge >= 0.3 is 0 Å². The van der Waals surface area contributed by atoms with Crippen LogP contribution in [0.2, 0.25) is 0 Å². The van der Waals surface area contributed by atoms with Crippen molar-refractivity contribution in [3.8, 4) is 5.75 Å². The van der Waals surface area contributed by atoms with Gasteiger partial charge in [-0.05, 0) is 37.5 Å². The van der Waals surface area contributed by atoms with Crippen LogP contribution < -0.4 is 10.3 Å². The zero-order valence-corrected chi connectivity index (χ0v) is 12.2. The minimum Gasteiger partial charge on any atom is -0.497 e. The van der Waals surface area contributed by atoms with Crippen molar-refractivity contribution in [3.05, 3.63) is 34.9 Å². The lowest BCUT2D eigenvalue weighted by atomic mass is 9.98. The molecule has 5 nitrogen and oxygen atoms in total. The minimum absolute atomic E-state index is 0.0829. The van der Waals surface area contributed by atoms with Crippen LogP contribution in [0.25, 0.3) is 10.9 Å². The maximum Gasteiger partial charge on any atom is 0.261 e. The smallest absolute Gasteiger partial charge is 0.261 e. The lowest BCUT2D eigenvalue weighted by molar-refractivity contribution is 0.0342. The molecule has 1 aromatic carbocycles. The molecule has 112 valence electrons. The fourth-order valence-corrected chi connectivity index (χ4v) is 3.04. The molecule has 0 atom stereocenters. The van der Waals surface area contributed by atoms with Gasteiger partial charge in [0.2, 0.25) is 0 Å². The lowest BCUT2D eigenvalue weighted by Gasteiger charge is -2.22. The Hall–Kier alpha value is -1.88. The monoisotopic (exact) mass is 288 g/mol. The Morgan fingerprint density at radius 3 is 2.86 bits per heavy atom. The molecule has 0 spiro atoms. The molecule has 1 N–H and O–H groups in total. The van der Waals surface area contributed by atoms with Crippen LogP contribution >= 0.6 is 0 Å². The predicted octanol–water partition coefficient (Wildman–Crippen LogP) is 2.10. The van der Waals surface area contributed by atoms with E-state index >= 15 is 0 Å². The summed E-state index contributed by atoms with van der Waals surface area (Å²) in [6.45, 7) is 0.496. The first kappa shape index (κ1) is 14.1. The third-order valence-electron chi connectivity index (χ3n) is 4.38. The Bertz CT molecular complexity index is 702. The van der Waals surface area contributed by atoms with Gasteiger partial charge in [-0.1, -0.05) is 12.8 Å². The summed E-state index contributed by atoms with van der Waals surface area (Å²) >= 11 is 0. The van der Waals surface area contributed by atoms with E-state index in [1.165, 1.54) is 0 Å². The summed E-state index contributed by atoms with van der Waals surface area (Å²) in [6, 6.07) is 5.29. The van der Waals surface area contributed by atoms with Crippen molar-refractivity contribution in [2.45, 2.75) is 44.2 Å². The lowest BCUT2D eigenvalue weighted by Crippen LogP contribution is -2.29. The van der Waals surface area contributed by atoms with Crippen molar-refractivity contribution >= 4 is 10.9 Å². The van der Waals surface area contributed by atoms with Crippen LogP contribution in [0, 0.1) is 0 Å². The summed E-state index contributed by atoms with van der Waals surface area (Å²) in [5.74, 6) is 0.647. The molecule has 1 fully saturated rings. The molecule has 2 aromatic rings. The Kier molecular flexibility index (Phi) is 3.68. The van der Waals surface area contributed by atoms with E-state index < -0.39 is 5.60 Å². The number of ether oxygens (including phenoxy) is 1. The van der Waals surface area contributed by atoms with Crippen LogP contribution in [0.3, 0.4) is 0 Å². The van der Waals surface area contributed by atoms with E-state index in [-0.39, 0.29) is 5.56 Å². The van der Waals surface area contributed by atoms with E-state index in [4.69, 9.17) is 4.74 Å². The Morgan fingerprint density at radius 1 is 1.38 bits per heavy atom. The van der Waals surface area contributed by atoms with Gasteiger partial charge in [0.1, 0.15) is 5.75 Å². The second-order valence-electron chi connectivity index (χ2n) is 5.81. The second-order valence-corrected chi connectivity index (χ2v) is 5.81. The number of hydrogen-bond acceptors (Lipinski definition) is 4. The normalized spacial score (nSPS) is 17.2. The number of nitrogens with zero attached hydrogens (tertiary/aromatic N) is 2. The van der Waals surface area contributed by atoms with Crippen molar-refractivity contribution in [1.29, 1.82) is 0 Å². The predicted molar refractivity (Wildman–Crippen MR) is 80.6 cm³/mol. The molecule has 21 heavy (non-hydrogen) atoms. The molecule has 0 saturated heterocycles. The van der Waals surface area contributed by atoms with Crippen LogP contribution in [-0.2, 0) is 6.54 Å². The topological polar surface area (TPSA) is 64.3 Å². The third-order valence-corrected chi connectivity index (χ3v) is 4.38. The van der Waals surface area contributed by atoms with Gasteiger partial charge in [0, 0.05) is 6.54 Å². The van der Waals surface area contributed by atoms with Gasteiger partial charge in [-0.2, -0.15) is 0 Å². The van der Waals surface area contributed by atoms with Crippen LogP contribution in [0.1, 0.15) is 32.1 Å². The number of methoxy groups -OCH3 is 1. The largest absolute Gasteiger partial charge is 0.497 e. The standard InChI is InChI=1S/C16H20N2O3/c1-21-12-4-5-14-13(10-12)15(19)18(11-17-14)9-8-16(20)6-2-3-7-16/h4-5,10-11,20H,2-3,6-9H2,1H3. The van der Waals surface area contributed by atoms with Gasteiger partial charge in [-0.3, -0.25) is 9.36 Å². The highest BCUT2D eigenvalue weighted by atomic mass is 16.5. The zero-order chi connectivity index (χ0) is 14.9. The quantitative estimate of drug-likeness (QED) is 0.935. The van der Waals surface area contributed by atoms with E-state index in [0.29, 0.717) is 29.6 Å². The molecule has 1 aliphatic carbocycles. The van der Waals surface area contributed by atoms with Crippen LogP contribution in [-0.4, -0.2) is 27.4 Å². The van der Waals surface area contributed by atoms with Crippen molar-refractivity contribution in [3.63, 3.8) is 0 Å². The summed E-state index contributed by atoms with van der Waals surface area (Å²) in [7, 11) is 1.58. The Balaban J connectivity index is 1.88. The number of rotatable bonds is 4. The average Bonchev–Trinajstić information content (AvgIpc) is 2.93. The van der Waals surface area contributed by atoms with Gasteiger partial charge in [0.25, 0.3) is 5.56 Å². The maximum absolute atomic E-state index is 12.5. The Morgan fingerprint density at radius 2 is 2.14 bits per heavy atom. The van der Waals surface area contributed by atoms with Crippen molar-refractivity contribution in [2.75, 3.05) is 7.11 Å². The Labute approximate surface area is 123 Å².